The van der Waals surface area contributed by atoms with Gasteiger partial charge < -0.3 is 59.0 Å². The first-order valence-corrected chi connectivity index (χ1v) is 23.0. The van der Waals surface area contributed by atoms with E-state index in [0.717, 1.165) is 35.3 Å². The van der Waals surface area contributed by atoms with Crippen molar-refractivity contribution in [2.45, 2.75) is 33.9 Å². The summed E-state index contributed by atoms with van der Waals surface area (Å²) in [6.07, 6.45) is 2.10. The van der Waals surface area contributed by atoms with Gasteiger partial charge in [-0.15, -0.1) is 0 Å². The van der Waals surface area contributed by atoms with Gasteiger partial charge >= 0.3 is 15.2 Å². The maximum atomic E-state index is 12.9. The fourth-order valence-electron chi connectivity index (χ4n) is 4.02. The highest BCUT2D eigenvalue weighted by Crippen LogP contribution is 2.49. The molecule has 0 spiro atoms. The number of hydrogen-bond donors (Lipinski definition) is 5. The summed E-state index contributed by atoms with van der Waals surface area (Å²) in [5, 5.41) is 7.96. The predicted octanol–water partition coefficient (Wildman–Crippen LogP) is 1.96. The molecule has 7 N–H and O–H groups in total. The molecule has 0 aromatic carbocycles. The van der Waals surface area contributed by atoms with Crippen molar-refractivity contribution in [1.29, 1.82) is 0 Å². The van der Waals surface area contributed by atoms with Crippen LogP contribution in [0.15, 0.2) is 12.7 Å². The second-order valence-electron chi connectivity index (χ2n) is 10.9. The molecule has 0 radical (unpaired) electrons. The third-order valence-corrected chi connectivity index (χ3v) is 10.8. The van der Waals surface area contributed by atoms with Crippen molar-refractivity contribution in [2.75, 3.05) is 82.3 Å². The van der Waals surface area contributed by atoms with E-state index in [4.69, 9.17) is 54.4 Å². The maximum absolute atomic E-state index is 12.9. The fourth-order valence-corrected chi connectivity index (χ4v) is 7.31. The number of nitrogens with two attached hydrogens (primary N) is 2. The van der Waals surface area contributed by atoms with E-state index < -0.39 is 21.5 Å². The number of methoxy groups -OCH3 is 2. The zero-order valence-corrected chi connectivity index (χ0v) is 36.4. The smallest absolute Gasteiger partial charge is 0.356 e. The van der Waals surface area contributed by atoms with Gasteiger partial charge in [-0.1, -0.05) is 35.3 Å². The highest BCUT2D eigenvalue weighted by atomic mass is 32.2. The summed E-state index contributed by atoms with van der Waals surface area (Å²) in [6.45, 7) is 5.32. The molecular formula is C29H46N10O14P2S3. The summed E-state index contributed by atoms with van der Waals surface area (Å²) in [5.74, 6) is 1.35. The van der Waals surface area contributed by atoms with E-state index in [1.165, 1.54) is 41.3 Å². The van der Waals surface area contributed by atoms with E-state index in [-0.39, 0.29) is 77.7 Å². The van der Waals surface area contributed by atoms with E-state index in [9.17, 15) is 23.5 Å². The van der Waals surface area contributed by atoms with Gasteiger partial charge in [0.05, 0.1) is 53.3 Å². The molecule has 0 amide bonds. The molecule has 0 fully saturated rings. The first kappa shape index (κ1) is 50.7. The Balaban J connectivity index is 0.000000365. The average molecular weight is 917 g/mol. The van der Waals surface area contributed by atoms with E-state index >= 15 is 0 Å². The monoisotopic (exact) mass is 916 g/mol. The number of rotatable bonds is 21. The number of fused-ring (bicyclic) bond motifs is 2. The summed E-state index contributed by atoms with van der Waals surface area (Å²) >= 11 is 3.06. The Hall–Kier alpha value is -3.46. The number of hydrogen-bond acceptors (Lipinski definition) is 23. The Labute approximate surface area is 344 Å². The lowest BCUT2D eigenvalue weighted by Crippen LogP contribution is -2.11. The number of ether oxygens (including phenoxy) is 4. The van der Waals surface area contributed by atoms with Crippen LogP contribution in [0.25, 0.3) is 22.3 Å². The molecule has 58 heavy (non-hydrogen) atoms. The second kappa shape index (κ2) is 25.9. The fraction of sp³-hybridized carbons (Fsp3) is 0.552. The molecule has 24 nitrogen and oxygen atoms in total. The van der Waals surface area contributed by atoms with Crippen molar-refractivity contribution in [3.63, 3.8) is 0 Å². The summed E-state index contributed by atoms with van der Waals surface area (Å²) < 4.78 is 58.1. The number of anilines is 2. The molecule has 0 aliphatic heterocycles. The Morgan fingerprint density at radius 1 is 0.707 bits per heavy atom. The van der Waals surface area contributed by atoms with E-state index in [2.05, 4.69) is 29.9 Å². The zero-order chi connectivity index (χ0) is 43.3. The molecule has 0 aliphatic rings. The topological polar surface area (TPSA) is 341 Å². The SMILES string of the molecule is CC(=O)SCCO.COc1nc(N)nc2c1ncn2CCOCP(=O)(O)O.COc1nc(N)nc2c1ncn2CCOCP(=O)(OCCSC(C)=O)OCSC(C)=O. The normalized spacial score (nSPS) is 12.3. The van der Waals surface area contributed by atoms with Gasteiger partial charge in [-0.3, -0.25) is 28.0 Å². The lowest BCUT2D eigenvalue weighted by molar-refractivity contribution is -0.110. The number of carbonyl (C=O) groups is 3. The zero-order valence-electron chi connectivity index (χ0n) is 32.1. The number of aliphatic hydroxyl groups excluding tert-OH is 1. The van der Waals surface area contributed by atoms with Gasteiger partial charge in [0, 0.05) is 45.4 Å². The molecule has 324 valence electrons. The van der Waals surface area contributed by atoms with Crippen LogP contribution in [0.3, 0.4) is 0 Å². The minimum atomic E-state index is -4.15. The van der Waals surface area contributed by atoms with Crippen molar-refractivity contribution in [1.82, 2.24) is 39.0 Å². The van der Waals surface area contributed by atoms with Crippen LogP contribution in [0.5, 0.6) is 11.8 Å². The second-order valence-corrected chi connectivity index (χ2v) is 18.1. The number of nitrogen functional groups attached to an aromatic ring is 2. The van der Waals surface area contributed by atoms with Gasteiger partial charge in [-0.05, 0) is 0 Å². The summed E-state index contributed by atoms with van der Waals surface area (Å²) in [5.41, 5.74) is 13.1. The average Bonchev–Trinajstić information content (AvgIpc) is 3.75. The highest BCUT2D eigenvalue weighted by molar-refractivity contribution is 8.14. The minimum Gasteiger partial charge on any atom is -0.479 e. The lowest BCUT2D eigenvalue weighted by Gasteiger charge is -2.18. The van der Waals surface area contributed by atoms with Crippen LogP contribution in [0, 0.1) is 0 Å². The van der Waals surface area contributed by atoms with Crippen LogP contribution in [0.2, 0.25) is 0 Å². The summed E-state index contributed by atoms with van der Waals surface area (Å²) in [4.78, 5) is 73.9. The number of aliphatic hydroxyl groups is 1. The Kier molecular flexibility index (Phi) is 22.6. The maximum Gasteiger partial charge on any atom is 0.356 e. The first-order valence-electron chi connectivity index (χ1n) is 16.6. The van der Waals surface area contributed by atoms with Crippen molar-refractivity contribution < 1.29 is 66.4 Å². The van der Waals surface area contributed by atoms with E-state index in [0.29, 0.717) is 46.9 Å². The van der Waals surface area contributed by atoms with Gasteiger partial charge in [-0.2, -0.15) is 19.9 Å². The quantitative estimate of drug-likeness (QED) is 0.0453. The van der Waals surface area contributed by atoms with Crippen molar-refractivity contribution in [2.24, 2.45) is 0 Å². The van der Waals surface area contributed by atoms with Gasteiger partial charge in [-0.25, -0.2) is 9.97 Å². The third-order valence-electron chi connectivity index (χ3n) is 6.33. The number of thioether (sulfide) groups is 3. The van der Waals surface area contributed by atoms with Crippen molar-refractivity contribution >= 4 is 100 Å². The van der Waals surface area contributed by atoms with Gasteiger partial charge in [0.1, 0.15) is 18.6 Å². The number of aromatic nitrogens is 8. The van der Waals surface area contributed by atoms with Crippen LogP contribution in [0.1, 0.15) is 20.8 Å². The van der Waals surface area contributed by atoms with Gasteiger partial charge in [0.25, 0.3) is 0 Å². The minimum absolute atomic E-state index is 0.0395. The first-order chi connectivity index (χ1) is 27.4. The van der Waals surface area contributed by atoms with E-state index in [1.54, 1.807) is 15.5 Å². The lowest BCUT2D eigenvalue weighted by atomic mass is 10.5. The molecule has 4 heterocycles. The Bertz CT molecular complexity index is 2040. The molecular weight excluding hydrogens is 871 g/mol. The number of imidazole rings is 2. The van der Waals surface area contributed by atoms with Crippen LogP contribution in [-0.4, -0.2) is 140 Å². The number of nitrogens with zero attached hydrogens (tertiary/aromatic N) is 8. The largest absolute Gasteiger partial charge is 0.479 e. The highest BCUT2D eigenvalue weighted by Gasteiger charge is 2.26. The molecule has 0 aliphatic carbocycles. The van der Waals surface area contributed by atoms with Crippen molar-refractivity contribution in [3.8, 4) is 11.8 Å². The summed E-state index contributed by atoms with van der Waals surface area (Å²) in [7, 11) is -4.87. The van der Waals surface area contributed by atoms with Crippen LogP contribution >= 0.6 is 50.5 Å². The van der Waals surface area contributed by atoms with Crippen LogP contribution in [-0.2, 0) is 55.1 Å². The molecule has 4 rings (SSSR count). The molecule has 1 unspecified atom stereocenters. The number of carbonyl (C=O) groups excluding carboxylic acids is 3. The van der Waals surface area contributed by atoms with Crippen LogP contribution in [0.4, 0.5) is 11.9 Å². The standard InChI is InChI=1S/C16H24N5O7PS2.C9H14N5O5P.C4H8O2S/c1-11(22)30-7-6-27-29(24,28-10-31-12(2)23)9-26-5-4-21-8-18-13-14(21)19-16(17)20-15(13)25-3;1-18-8-6-7(12-9(10)13-8)14(4-11-6)2-3-19-5-20(15,16)17;1-4(6)7-3-2-5/h8H,4-7,9-10H2,1-3H3,(H2,17,19,20);4H,2-3,5H2,1H3,(H2,10,12,13)(H2,15,16,17);5H,2-3H2,1H3. The summed E-state index contributed by atoms with van der Waals surface area (Å²) in [6, 6.07) is 0. The molecule has 0 saturated heterocycles. The molecule has 4 aromatic heterocycles. The van der Waals surface area contributed by atoms with Crippen molar-refractivity contribution in [3.05, 3.63) is 12.7 Å². The van der Waals surface area contributed by atoms with E-state index in [1.807, 2.05) is 0 Å². The van der Waals surface area contributed by atoms with Crippen LogP contribution < -0.4 is 20.9 Å². The molecule has 0 saturated carbocycles. The molecule has 1 atom stereocenters. The van der Waals surface area contributed by atoms with Gasteiger partial charge in [0.2, 0.25) is 23.7 Å². The molecule has 29 heteroatoms. The molecule has 0 bridgehead atoms. The Morgan fingerprint density at radius 3 is 1.59 bits per heavy atom. The molecule has 4 aromatic rings. The third kappa shape index (κ3) is 19.1. The predicted molar refractivity (Wildman–Crippen MR) is 217 cm³/mol. The Morgan fingerprint density at radius 2 is 1.17 bits per heavy atom. The van der Waals surface area contributed by atoms with Gasteiger partial charge in [0.15, 0.2) is 37.7 Å².